The molecule has 2 aromatic rings. The Morgan fingerprint density at radius 1 is 1.04 bits per heavy atom. The molecule has 0 bridgehead atoms. The van der Waals surface area contributed by atoms with Crippen molar-refractivity contribution in [1.82, 2.24) is 0 Å². The van der Waals surface area contributed by atoms with E-state index in [9.17, 15) is 18.8 Å². The first-order valence-electron chi connectivity index (χ1n) is 7.70. The Hall–Kier alpha value is -3.48. The quantitative estimate of drug-likeness (QED) is 0.616. The van der Waals surface area contributed by atoms with Gasteiger partial charge in [0.2, 0.25) is 5.91 Å². The molecule has 0 radical (unpaired) electrons. The van der Waals surface area contributed by atoms with Gasteiger partial charge in [-0.25, -0.2) is 9.18 Å². The van der Waals surface area contributed by atoms with E-state index >= 15 is 0 Å². The zero-order valence-electron chi connectivity index (χ0n) is 14.0. The van der Waals surface area contributed by atoms with Gasteiger partial charge in [0.15, 0.2) is 6.61 Å². The Morgan fingerprint density at radius 3 is 2.35 bits per heavy atom. The molecular formula is C19H17FN2O4. The largest absolute Gasteiger partial charge is 0.452 e. The highest BCUT2D eigenvalue weighted by Crippen LogP contribution is 2.15. The molecule has 0 fully saturated rings. The maximum atomic E-state index is 12.8. The van der Waals surface area contributed by atoms with Gasteiger partial charge < -0.3 is 15.4 Å². The lowest BCUT2D eigenvalue weighted by atomic mass is 10.2. The predicted octanol–water partition coefficient (Wildman–Crippen LogP) is 2.98. The maximum absolute atomic E-state index is 12.8. The van der Waals surface area contributed by atoms with E-state index in [1.807, 2.05) is 0 Å². The molecule has 26 heavy (non-hydrogen) atoms. The smallest absolute Gasteiger partial charge is 0.331 e. The van der Waals surface area contributed by atoms with Crippen LogP contribution in [0.25, 0.3) is 6.08 Å². The van der Waals surface area contributed by atoms with Gasteiger partial charge in [-0.1, -0.05) is 18.2 Å². The van der Waals surface area contributed by atoms with Crippen LogP contribution in [0, 0.1) is 5.82 Å². The van der Waals surface area contributed by atoms with Crippen LogP contribution in [0.5, 0.6) is 0 Å². The summed E-state index contributed by atoms with van der Waals surface area (Å²) in [4.78, 5) is 34.4. The molecule has 0 unspecified atom stereocenters. The maximum Gasteiger partial charge on any atom is 0.331 e. The van der Waals surface area contributed by atoms with Crippen LogP contribution < -0.4 is 10.6 Å². The van der Waals surface area contributed by atoms with E-state index in [0.29, 0.717) is 16.9 Å². The molecule has 0 spiro atoms. The van der Waals surface area contributed by atoms with Gasteiger partial charge in [-0.2, -0.15) is 0 Å². The summed E-state index contributed by atoms with van der Waals surface area (Å²) in [5.74, 6) is -1.82. The third-order valence-electron chi connectivity index (χ3n) is 3.09. The van der Waals surface area contributed by atoms with Crippen LogP contribution in [0.4, 0.5) is 15.8 Å². The normalized spacial score (nSPS) is 10.4. The van der Waals surface area contributed by atoms with Gasteiger partial charge >= 0.3 is 5.97 Å². The van der Waals surface area contributed by atoms with Crippen molar-refractivity contribution >= 4 is 35.2 Å². The van der Waals surface area contributed by atoms with Gasteiger partial charge in [0, 0.05) is 24.4 Å². The van der Waals surface area contributed by atoms with E-state index in [0.717, 1.165) is 6.08 Å². The molecule has 0 aromatic heterocycles. The number of carbonyl (C=O) groups is 3. The Bertz CT molecular complexity index is 832. The topological polar surface area (TPSA) is 84.5 Å². The summed E-state index contributed by atoms with van der Waals surface area (Å²) in [6, 6.07) is 12.1. The molecule has 0 aliphatic carbocycles. The Morgan fingerprint density at radius 2 is 1.69 bits per heavy atom. The second kappa shape index (κ2) is 9.12. The Kier molecular flexibility index (Phi) is 6.61. The van der Waals surface area contributed by atoms with E-state index in [1.54, 1.807) is 24.3 Å². The minimum absolute atomic E-state index is 0.227. The molecule has 7 heteroatoms. The number of hydrogen-bond acceptors (Lipinski definition) is 4. The van der Waals surface area contributed by atoms with Gasteiger partial charge in [-0.15, -0.1) is 0 Å². The molecule has 134 valence electrons. The highest BCUT2D eigenvalue weighted by Gasteiger charge is 2.06. The molecule has 0 saturated carbocycles. The van der Waals surface area contributed by atoms with Crippen LogP contribution in [-0.4, -0.2) is 24.4 Å². The first kappa shape index (κ1) is 18.9. The number of anilines is 2. The lowest BCUT2D eigenvalue weighted by molar-refractivity contribution is -0.142. The van der Waals surface area contributed by atoms with E-state index in [2.05, 4.69) is 10.6 Å². The van der Waals surface area contributed by atoms with E-state index < -0.39 is 18.5 Å². The number of rotatable bonds is 6. The lowest BCUT2D eigenvalue weighted by Crippen LogP contribution is -2.20. The van der Waals surface area contributed by atoms with E-state index in [4.69, 9.17) is 4.74 Å². The fraction of sp³-hybridized carbons (Fsp3) is 0.105. The minimum Gasteiger partial charge on any atom is -0.452 e. The number of carbonyl (C=O) groups excluding carboxylic acids is 3. The molecule has 2 N–H and O–H groups in total. The molecule has 2 aromatic carbocycles. The summed E-state index contributed by atoms with van der Waals surface area (Å²) in [6.07, 6.45) is 2.61. The summed E-state index contributed by atoms with van der Waals surface area (Å²) in [5, 5.41) is 5.15. The SMILES string of the molecule is CC(=O)Nc1cccc(NC(=O)COC(=O)/C=C/c2ccc(F)cc2)c1. The second-order valence-electron chi connectivity index (χ2n) is 5.30. The average Bonchev–Trinajstić information content (AvgIpc) is 2.59. The molecule has 0 saturated heterocycles. The minimum atomic E-state index is -0.698. The van der Waals surface area contributed by atoms with Gasteiger partial charge in [0.1, 0.15) is 5.82 Å². The summed E-state index contributed by atoms with van der Waals surface area (Å²) in [5.41, 5.74) is 1.62. The van der Waals surface area contributed by atoms with Crippen molar-refractivity contribution < 1.29 is 23.5 Å². The molecule has 0 aliphatic heterocycles. The first-order chi connectivity index (χ1) is 12.4. The zero-order chi connectivity index (χ0) is 18.9. The highest BCUT2D eigenvalue weighted by molar-refractivity contribution is 5.95. The predicted molar refractivity (Wildman–Crippen MR) is 95.8 cm³/mol. The molecule has 2 amide bonds. The number of halogens is 1. The summed E-state index contributed by atoms with van der Waals surface area (Å²) in [7, 11) is 0. The van der Waals surface area contributed by atoms with Crippen LogP contribution in [0.2, 0.25) is 0 Å². The fourth-order valence-corrected chi connectivity index (χ4v) is 2.00. The monoisotopic (exact) mass is 356 g/mol. The average molecular weight is 356 g/mol. The standard InChI is InChI=1S/C19H17FN2O4/c1-13(23)21-16-3-2-4-17(11-16)22-18(24)12-26-19(25)10-7-14-5-8-15(20)9-6-14/h2-11H,12H2,1H3,(H,21,23)(H,22,24)/b10-7+. The van der Waals surface area contributed by atoms with Crippen LogP contribution in [0.15, 0.2) is 54.6 Å². The van der Waals surface area contributed by atoms with E-state index in [1.165, 1.54) is 37.3 Å². The summed E-state index contributed by atoms with van der Waals surface area (Å²) in [6.45, 7) is 0.918. The third-order valence-corrected chi connectivity index (χ3v) is 3.09. The van der Waals surface area contributed by atoms with Crippen molar-refractivity contribution in [2.24, 2.45) is 0 Å². The summed E-state index contributed by atoms with van der Waals surface area (Å²) >= 11 is 0. The number of hydrogen-bond donors (Lipinski definition) is 2. The van der Waals surface area contributed by atoms with E-state index in [-0.39, 0.29) is 11.7 Å². The molecule has 2 rings (SSSR count). The summed E-state index contributed by atoms with van der Waals surface area (Å²) < 4.78 is 17.6. The van der Waals surface area contributed by atoms with Gasteiger partial charge in [-0.05, 0) is 42.0 Å². The van der Waals surface area contributed by atoms with Crippen molar-refractivity contribution in [2.75, 3.05) is 17.2 Å². The van der Waals surface area contributed by atoms with Gasteiger partial charge in [0.25, 0.3) is 5.91 Å². The Balaban J connectivity index is 1.81. The third kappa shape index (κ3) is 6.56. The Labute approximate surface area is 149 Å². The molecule has 0 aliphatic rings. The first-order valence-corrected chi connectivity index (χ1v) is 7.70. The van der Waals surface area contributed by atoms with Gasteiger partial charge in [-0.3, -0.25) is 9.59 Å². The van der Waals surface area contributed by atoms with Crippen LogP contribution in [-0.2, 0) is 19.1 Å². The lowest BCUT2D eigenvalue weighted by Gasteiger charge is -2.08. The van der Waals surface area contributed by atoms with Crippen LogP contribution in [0.1, 0.15) is 12.5 Å². The molecule has 0 atom stereocenters. The molecule has 0 heterocycles. The number of nitrogens with one attached hydrogen (secondary N) is 2. The zero-order valence-corrected chi connectivity index (χ0v) is 14.0. The number of ether oxygens (including phenoxy) is 1. The van der Waals surface area contributed by atoms with Crippen molar-refractivity contribution in [3.8, 4) is 0 Å². The van der Waals surface area contributed by atoms with Crippen molar-refractivity contribution in [1.29, 1.82) is 0 Å². The second-order valence-corrected chi connectivity index (χ2v) is 5.30. The van der Waals surface area contributed by atoms with Crippen molar-refractivity contribution in [3.05, 3.63) is 66.0 Å². The van der Waals surface area contributed by atoms with Crippen LogP contribution in [0.3, 0.4) is 0 Å². The molecule has 6 nitrogen and oxygen atoms in total. The van der Waals surface area contributed by atoms with Crippen LogP contribution >= 0.6 is 0 Å². The number of amides is 2. The molecular weight excluding hydrogens is 339 g/mol. The van der Waals surface area contributed by atoms with Gasteiger partial charge in [0.05, 0.1) is 0 Å². The highest BCUT2D eigenvalue weighted by atomic mass is 19.1. The van der Waals surface area contributed by atoms with Crippen molar-refractivity contribution in [3.63, 3.8) is 0 Å². The number of benzene rings is 2. The van der Waals surface area contributed by atoms with Crippen molar-refractivity contribution in [2.45, 2.75) is 6.92 Å². The number of esters is 1. The fourth-order valence-electron chi connectivity index (χ4n) is 2.00.